The molecule has 14 heavy (non-hydrogen) atoms. The minimum Gasteiger partial charge on any atom is -0.0654 e. The van der Waals surface area contributed by atoms with E-state index in [0.29, 0.717) is 10.8 Å². The van der Waals surface area contributed by atoms with E-state index in [2.05, 4.69) is 34.6 Å². The van der Waals surface area contributed by atoms with Crippen LogP contribution in [0.5, 0.6) is 0 Å². The van der Waals surface area contributed by atoms with Gasteiger partial charge in [0.25, 0.3) is 0 Å². The van der Waals surface area contributed by atoms with Crippen LogP contribution in [0.2, 0.25) is 0 Å². The first-order valence-electron chi connectivity index (χ1n) is 6.56. The van der Waals surface area contributed by atoms with Crippen molar-refractivity contribution in [3.63, 3.8) is 0 Å². The van der Waals surface area contributed by atoms with Crippen molar-refractivity contribution in [2.24, 2.45) is 16.7 Å². The van der Waals surface area contributed by atoms with Gasteiger partial charge in [-0.3, -0.25) is 0 Å². The number of hydrogen-bond donors (Lipinski definition) is 0. The van der Waals surface area contributed by atoms with Crippen molar-refractivity contribution >= 4 is 0 Å². The molecule has 1 aliphatic rings. The van der Waals surface area contributed by atoms with E-state index in [1.165, 1.54) is 38.5 Å². The predicted molar refractivity (Wildman–Crippen MR) is 64.4 cm³/mol. The molecule has 1 fully saturated rings. The lowest BCUT2D eigenvalue weighted by atomic mass is 9.77. The summed E-state index contributed by atoms with van der Waals surface area (Å²) in [5.74, 6) is 0.942. The van der Waals surface area contributed by atoms with Crippen molar-refractivity contribution in [1.82, 2.24) is 0 Å². The zero-order chi connectivity index (χ0) is 10.8. The van der Waals surface area contributed by atoms with Crippen molar-refractivity contribution < 1.29 is 0 Å². The average molecular weight is 196 g/mol. The molecule has 0 nitrogen and oxygen atoms in total. The van der Waals surface area contributed by atoms with E-state index in [1.807, 2.05) is 0 Å². The van der Waals surface area contributed by atoms with Crippen LogP contribution in [0.1, 0.15) is 73.1 Å². The Morgan fingerprint density at radius 1 is 1.14 bits per heavy atom. The molecular weight excluding hydrogens is 168 g/mol. The third kappa shape index (κ3) is 1.73. The van der Waals surface area contributed by atoms with Crippen LogP contribution in [0.15, 0.2) is 0 Å². The van der Waals surface area contributed by atoms with Gasteiger partial charge in [0.1, 0.15) is 0 Å². The molecule has 1 saturated carbocycles. The number of hydrogen-bond acceptors (Lipinski definition) is 0. The van der Waals surface area contributed by atoms with Gasteiger partial charge in [-0.25, -0.2) is 0 Å². The summed E-state index contributed by atoms with van der Waals surface area (Å²) in [7, 11) is 0. The smallest absolute Gasteiger partial charge is 0.0213 e. The Hall–Kier alpha value is 0. The molecular formula is C14H28. The molecule has 0 saturated heterocycles. The standard InChI is InChI=1S/C14H28/c1-6-9-12(4)14(10-7-2)11-13(14,5)8-3/h12H,6-11H2,1-5H3. The molecule has 0 heteroatoms. The number of rotatable bonds is 6. The van der Waals surface area contributed by atoms with Gasteiger partial charge in [-0.2, -0.15) is 0 Å². The third-order valence-corrected chi connectivity index (χ3v) is 4.92. The van der Waals surface area contributed by atoms with Crippen LogP contribution < -0.4 is 0 Å². The quantitative estimate of drug-likeness (QED) is 0.559. The Morgan fingerprint density at radius 2 is 1.79 bits per heavy atom. The summed E-state index contributed by atoms with van der Waals surface area (Å²) in [4.78, 5) is 0. The van der Waals surface area contributed by atoms with Crippen molar-refractivity contribution in [2.45, 2.75) is 73.1 Å². The fourth-order valence-corrected chi connectivity index (χ4v) is 3.69. The van der Waals surface area contributed by atoms with E-state index in [4.69, 9.17) is 0 Å². The maximum Gasteiger partial charge on any atom is -0.0213 e. The summed E-state index contributed by atoms with van der Waals surface area (Å²) >= 11 is 0. The fourth-order valence-electron chi connectivity index (χ4n) is 3.69. The summed E-state index contributed by atoms with van der Waals surface area (Å²) in [6, 6.07) is 0. The van der Waals surface area contributed by atoms with E-state index < -0.39 is 0 Å². The highest BCUT2D eigenvalue weighted by molar-refractivity contribution is 5.12. The molecule has 0 radical (unpaired) electrons. The highest BCUT2D eigenvalue weighted by atomic mass is 14.7. The van der Waals surface area contributed by atoms with Gasteiger partial charge in [0.15, 0.2) is 0 Å². The molecule has 3 unspecified atom stereocenters. The molecule has 1 rings (SSSR count). The van der Waals surface area contributed by atoms with Gasteiger partial charge < -0.3 is 0 Å². The predicted octanol–water partition coefficient (Wildman–Crippen LogP) is 5.03. The first-order chi connectivity index (χ1) is 6.56. The molecule has 0 aromatic heterocycles. The molecule has 0 aromatic rings. The van der Waals surface area contributed by atoms with E-state index in [-0.39, 0.29) is 0 Å². The van der Waals surface area contributed by atoms with E-state index in [9.17, 15) is 0 Å². The molecule has 0 amide bonds. The lowest BCUT2D eigenvalue weighted by Crippen LogP contribution is -2.20. The van der Waals surface area contributed by atoms with Crippen LogP contribution in [0.3, 0.4) is 0 Å². The van der Waals surface area contributed by atoms with Crippen LogP contribution in [-0.2, 0) is 0 Å². The average Bonchev–Trinajstić information content (AvgIpc) is 2.75. The van der Waals surface area contributed by atoms with Crippen LogP contribution in [-0.4, -0.2) is 0 Å². The maximum atomic E-state index is 2.51. The van der Waals surface area contributed by atoms with Crippen LogP contribution >= 0.6 is 0 Å². The molecule has 0 heterocycles. The van der Waals surface area contributed by atoms with Gasteiger partial charge in [0.05, 0.1) is 0 Å². The van der Waals surface area contributed by atoms with Crippen LogP contribution in [0.4, 0.5) is 0 Å². The Kier molecular flexibility index (Phi) is 3.66. The fraction of sp³-hybridized carbons (Fsp3) is 1.00. The van der Waals surface area contributed by atoms with E-state index in [1.54, 1.807) is 0 Å². The molecule has 0 aliphatic heterocycles. The highest BCUT2D eigenvalue weighted by Gasteiger charge is 2.63. The lowest BCUT2D eigenvalue weighted by Gasteiger charge is -2.28. The van der Waals surface area contributed by atoms with Gasteiger partial charge in [0, 0.05) is 0 Å². The molecule has 3 atom stereocenters. The van der Waals surface area contributed by atoms with Gasteiger partial charge in [-0.05, 0) is 29.6 Å². The SMILES string of the molecule is CCCC(C)C1(CCC)CC1(C)CC. The molecule has 84 valence electrons. The normalized spacial score (nSPS) is 38.4. The van der Waals surface area contributed by atoms with E-state index in [0.717, 1.165) is 5.92 Å². The second kappa shape index (κ2) is 4.24. The van der Waals surface area contributed by atoms with Crippen molar-refractivity contribution in [3.8, 4) is 0 Å². The zero-order valence-electron chi connectivity index (χ0n) is 10.8. The highest BCUT2D eigenvalue weighted by Crippen LogP contribution is 2.72. The van der Waals surface area contributed by atoms with Crippen LogP contribution in [0.25, 0.3) is 0 Å². The van der Waals surface area contributed by atoms with Crippen LogP contribution in [0, 0.1) is 16.7 Å². The first kappa shape index (κ1) is 12.1. The van der Waals surface area contributed by atoms with Gasteiger partial charge >= 0.3 is 0 Å². The minimum absolute atomic E-state index is 0.678. The monoisotopic (exact) mass is 196 g/mol. The van der Waals surface area contributed by atoms with Gasteiger partial charge in [0.2, 0.25) is 0 Å². The molecule has 0 aromatic carbocycles. The Morgan fingerprint density at radius 3 is 2.14 bits per heavy atom. The first-order valence-corrected chi connectivity index (χ1v) is 6.56. The summed E-state index contributed by atoms with van der Waals surface area (Å²) < 4.78 is 0. The lowest BCUT2D eigenvalue weighted by molar-refractivity contribution is 0.212. The minimum atomic E-state index is 0.678. The molecule has 1 aliphatic carbocycles. The molecule has 0 bridgehead atoms. The maximum absolute atomic E-state index is 2.51. The summed E-state index contributed by atoms with van der Waals surface area (Å²) in [5, 5.41) is 0. The van der Waals surface area contributed by atoms with Crippen molar-refractivity contribution in [1.29, 1.82) is 0 Å². The topological polar surface area (TPSA) is 0 Å². The Labute approximate surface area is 90.5 Å². The zero-order valence-corrected chi connectivity index (χ0v) is 10.8. The van der Waals surface area contributed by atoms with E-state index >= 15 is 0 Å². The summed E-state index contributed by atoms with van der Waals surface area (Å²) in [5.41, 5.74) is 1.39. The third-order valence-electron chi connectivity index (χ3n) is 4.92. The second-order valence-electron chi connectivity index (χ2n) is 5.69. The van der Waals surface area contributed by atoms with Gasteiger partial charge in [-0.15, -0.1) is 0 Å². The largest absolute Gasteiger partial charge is 0.0654 e. The Balaban J connectivity index is 2.66. The van der Waals surface area contributed by atoms with Gasteiger partial charge in [-0.1, -0.05) is 60.3 Å². The molecule has 0 N–H and O–H groups in total. The second-order valence-corrected chi connectivity index (χ2v) is 5.69. The summed E-state index contributed by atoms with van der Waals surface area (Å²) in [6.07, 6.45) is 8.47. The summed E-state index contributed by atoms with van der Waals surface area (Å²) in [6.45, 7) is 12.0. The Bertz CT molecular complexity index is 180. The molecule has 0 spiro atoms. The van der Waals surface area contributed by atoms with Crippen molar-refractivity contribution in [2.75, 3.05) is 0 Å². The van der Waals surface area contributed by atoms with Crippen molar-refractivity contribution in [3.05, 3.63) is 0 Å².